The molecular weight excluding hydrogens is 320 g/mol. The van der Waals surface area contributed by atoms with Gasteiger partial charge in [-0.15, -0.1) is 0 Å². The molecule has 0 heterocycles. The number of halogens is 1. The monoisotopic (exact) mass is 338 g/mol. The summed E-state index contributed by atoms with van der Waals surface area (Å²) in [4.78, 5) is 0. The second-order valence-corrected chi connectivity index (χ2v) is 6.29. The van der Waals surface area contributed by atoms with Gasteiger partial charge in [0.25, 0.3) is 0 Å². The third-order valence-corrected chi connectivity index (χ3v) is 4.63. The average molecular weight is 339 g/mol. The van der Waals surface area contributed by atoms with E-state index in [1.54, 1.807) is 0 Å². The van der Waals surface area contributed by atoms with Crippen LogP contribution in [0.15, 0.2) is 60.7 Å². The van der Waals surface area contributed by atoms with Crippen LogP contribution in [0.25, 0.3) is 21.9 Å². The van der Waals surface area contributed by atoms with E-state index < -0.39 is 0 Å². The van der Waals surface area contributed by atoms with E-state index in [4.69, 9.17) is 0 Å². The van der Waals surface area contributed by atoms with Crippen LogP contribution < -0.4 is 0 Å². The van der Waals surface area contributed by atoms with Gasteiger partial charge in [0.15, 0.2) is 0 Å². The standard InChI is InChI=1S/C20H19Br/c1-14(2)16-10-11-17(13-21)20(12-16)19-9-5-7-15-6-3-4-8-18(15)19/h3-12,14H,13H2,1-2H3. The highest BCUT2D eigenvalue weighted by Gasteiger charge is 2.10. The summed E-state index contributed by atoms with van der Waals surface area (Å²) in [6.45, 7) is 4.49. The predicted molar refractivity (Wildman–Crippen MR) is 96.1 cm³/mol. The molecule has 0 saturated carbocycles. The van der Waals surface area contributed by atoms with Crippen molar-refractivity contribution in [1.82, 2.24) is 0 Å². The molecule has 0 aliphatic heterocycles. The summed E-state index contributed by atoms with van der Waals surface area (Å²) in [5.41, 5.74) is 5.40. The van der Waals surface area contributed by atoms with E-state index in [1.165, 1.54) is 33.0 Å². The second kappa shape index (κ2) is 6.03. The van der Waals surface area contributed by atoms with Crippen molar-refractivity contribution in [3.05, 3.63) is 71.8 Å². The second-order valence-electron chi connectivity index (χ2n) is 5.73. The van der Waals surface area contributed by atoms with E-state index in [0.717, 1.165) is 5.33 Å². The van der Waals surface area contributed by atoms with E-state index in [2.05, 4.69) is 90.4 Å². The summed E-state index contributed by atoms with van der Waals surface area (Å²) in [6, 6.07) is 22.0. The number of rotatable bonds is 3. The topological polar surface area (TPSA) is 0 Å². The van der Waals surface area contributed by atoms with Crippen molar-refractivity contribution < 1.29 is 0 Å². The third-order valence-electron chi connectivity index (χ3n) is 4.02. The molecule has 0 unspecified atom stereocenters. The van der Waals surface area contributed by atoms with Crippen LogP contribution in [0, 0.1) is 0 Å². The van der Waals surface area contributed by atoms with Crippen molar-refractivity contribution in [1.29, 1.82) is 0 Å². The van der Waals surface area contributed by atoms with Crippen LogP contribution >= 0.6 is 15.9 Å². The Morgan fingerprint density at radius 2 is 1.62 bits per heavy atom. The van der Waals surface area contributed by atoms with E-state index in [-0.39, 0.29) is 0 Å². The molecule has 21 heavy (non-hydrogen) atoms. The lowest BCUT2D eigenvalue weighted by molar-refractivity contribution is 0.866. The van der Waals surface area contributed by atoms with Crippen molar-refractivity contribution in [2.75, 3.05) is 0 Å². The molecule has 106 valence electrons. The lowest BCUT2D eigenvalue weighted by Gasteiger charge is -2.14. The molecular formula is C20H19Br. The highest BCUT2D eigenvalue weighted by molar-refractivity contribution is 9.08. The summed E-state index contributed by atoms with van der Waals surface area (Å²) in [6.07, 6.45) is 0. The van der Waals surface area contributed by atoms with Crippen LogP contribution in [0.4, 0.5) is 0 Å². The van der Waals surface area contributed by atoms with Crippen molar-refractivity contribution in [2.45, 2.75) is 25.1 Å². The maximum atomic E-state index is 3.63. The molecule has 0 saturated heterocycles. The Hall–Kier alpha value is -1.60. The fourth-order valence-corrected chi connectivity index (χ4v) is 3.27. The van der Waals surface area contributed by atoms with Gasteiger partial charge in [0.1, 0.15) is 0 Å². The van der Waals surface area contributed by atoms with Gasteiger partial charge in [0.05, 0.1) is 0 Å². The maximum Gasteiger partial charge on any atom is 0.0289 e. The van der Waals surface area contributed by atoms with Gasteiger partial charge >= 0.3 is 0 Å². The SMILES string of the molecule is CC(C)c1ccc(CBr)c(-c2cccc3ccccc23)c1. The van der Waals surface area contributed by atoms with Crippen molar-refractivity contribution >= 4 is 26.7 Å². The molecule has 0 amide bonds. The number of alkyl halides is 1. The van der Waals surface area contributed by atoms with Crippen molar-refractivity contribution in [2.24, 2.45) is 0 Å². The summed E-state index contributed by atoms with van der Waals surface area (Å²) in [5, 5.41) is 3.50. The van der Waals surface area contributed by atoms with Crippen LogP contribution in [0.1, 0.15) is 30.9 Å². The Labute approximate surface area is 134 Å². The minimum atomic E-state index is 0.545. The minimum absolute atomic E-state index is 0.545. The number of hydrogen-bond acceptors (Lipinski definition) is 0. The lowest BCUT2D eigenvalue weighted by Crippen LogP contribution is -1.93. The molecule has 0 N–H and O–H groups in total. The number of fused-ring (bicyclic) bond motifs is 1. The molecule has 1 heteroatoms. The molecule has 0 aliphatic rings. The summed E-state index contributed by atoms with van der Waals surface area (Å²) in [7, 11) is 0. The van der Waals surface area contributed by atoms with Crippen molar-refractivity contribution in [3.8, 4) is 11.1 Å². The first kappa shape index (κ1) is 14.3. The summed E-state index contributed by atoms with van der Waals surface area (Å²) in [5.74, 6) is 0.545. The Morgan fingerprint density at radius 3 is 2.38 bits per heavy atom. The number of hydrogen-bond donors (Lipinski definition) is 0. The Balaban J connectivity index is 2.28. The lowest BCUT2D eigenvalue weighted by atomic mass is 9.91. The Bertz CT molecular complexity index is 766. The Morgan fingerprint density at radius 1 is 0.857 bits per heavy atom. The van der Waals surface area contributed by atoms with Gasteiger partial charge < -0.3 is 0 Å². The molecule has 0 fully saturated rings. The van der Waals surface area contributed by atoms with Gasteiger partial charge in [0.2, 0.25) is 0 Å². The quantitative estimate of drug-likeness (QED) is 0.476. The molecule has 3 rings (SSSR count). The molecule has 3 aromatic rings. The molecule has 0 nitrogen and oxygen atoms in total. The highest BCUT2D eigenvalue weighted by Crippen LogP contribution is 2.34. The van der Waals surface area contributed by atoms with Gasteiger partial charge in [-0.25, -0.2) is 0 Å². The zero-order valence-electron chi connectivity index (χ0n) is 12.4. The van der Waals surface area contributed by atoms with E-state index in [0.29, 0.717) is 5.92 Å². The van der Waals surface area contributed by atoms with Crippen LogP contribution in [0.3, 0.4) is 0 Å². The molecule has 0 atom stereocenters. The fraction of sp³-hybridized carbons (Fsp3) is 0.200. The first-order chi connectivity index (χ1) is 10.2. The fourth-order valence-electron chi connectivity index (χ4n) is 2.78. The van der Waals surface area contributed by atoms with Gasteiger partial charge in [-0.05, 0) is 38.9 Å². The predicted octanol–water partition coefficient (Wildman–Crippen LogP) is 6.53. The normalized spacial score (nSPS) is 11.2. The van der Waals surface area contributed by atoms with Crippen LogP contribution in [0.2, 0.25) is 0 Å². The number of benzene rings is 3. The van der Waals surface area contributed by atoms with Crippen LogP contribution in [0.5, 0.6) is 0 Å². The zero-order chi connectivity index (χ0) is 14.8. The largest absolute Gasteiger partial charge is 0.0876 e. The van der Waals surface area contributed by atoms with Gasteiger partial charge in [-0.1, -0.05) is 90.4 Å². The van der Waals surface area contributed by atoms with Gasteiger partial charge in [-0.3, -0.25) is 0 Å². The van der Waals surface area contributed by atoms with Gasteiger partial charge in [-0.2, -0.15) is 0 Å². The first-order valence-electron chi connectivity index (χ1n) is 7.37. The molecule has 0 radical (unpaired) electrons. The molecule has 3 aromatic carbocycles. The van der Waals surface area contributed by atoms with E-state index >= 15 is 0 Å². The smallest absolute Gasteiger partial charge is 0.0289 e. The maximum absolute atomic E-state index is 3.63. The first-order valence-corrected chi connectivity index (χ1v) is 8.50. The average Bonchev–Trinajstić information content (AvgIpc) is 2.53. The molecule has 0 bridgehead atoms. The molecule has 0 aliphatic carbocycles. The van der Waals surface area contributed by atoms with Gasteiger partial charge in [0, 0.05) is 5.33 Å². The third kappa shape index (κ3) is 2.75. The van der Waals surface area contributed by atoms with E-state index in [1.807, 2.05) is 0 Å². The molecule has 0 aromatic heterocycles. The minimum Gasteiger partial charge on any atom is -0.0876 e. The Kier molecular flexibility index (Phi) is 4.12. The summed E-state index contributed by atoms with van der Waals surface area (Å²) < 4.78 is 0. The van der Waals surface area contributed by atoms with Crippen molar-refractivity contribution in [3.63, 3.8) is 0 Å². The van der Waals surface area contributed by atoms with Crippen LogP contribution in [-0.4, -0.2) is 0 Å². The molecule has 0 spiro atoms. The van der Waals surface area contributed by atoms with Crippen LogP contribution in [-0.2, 0) is 5.33 Å². The zero-order valence-corrected chi connectivity index (χ0v) is 14.0. The summed E-state index contributed by atoms with van der Waals surface area (Å²) >= 11 is 3.63. The highest BCUT2D eigenvalue weighted by atomic mass is 79.9. The van der Waals surface area contributed by atoms with E-state index in [9.17, 15) is 0 Å².